The summed E-state index contributed by atoms with van der Waals surface area (Å²) in [5.41, 5.74) is 0.947. The predicted molar refractivity (Wildman–Crippen MR) is 63.2 cm³/mol. The van der Waals surface area contributed by atoms with Crippen molar-refractivity contribution in [1.82, 2.24) is 4.90 Å². The molecule has 90 valence electrons. The Morgan fingerprint density at radius 2 is 1.69 bits per heavy atom. The molecule has 0 bridgehead atoms. The van der Waals surface area contributed by atoms with Gasteiger partial charge in [-0.15, -0.1) is 0 Å². The van der Waals surface area contributed by atoms with Crippen LogP contribution >= 0.6 is 0 Å². The molecule has 0 atom stereocenters. The van der Waals surface area contributed by atoms with E-state index in [2.05, 4.69) is 4.74 Å². The van der Waals surface area contributed by atoms with Gasteiger partial charge in [-0.1, -0.05) is 30.3 Å². The summed E-state index contributed by atoms with van der Waals surface area (Å²) in [6.07, 6.45) is -0.654. The van der Waals surface area contributed by atoms with Crippen molar-refractivity contribution < 1.29 is 14.3 Å². The summed E-state index contributed by atoms with van der Waals surface area (Å²) in [5.74, 6) is 0. The summed E-state index contributed by atoms with van der Waals surface area (Å²) in [6, 6.07) is 9.43. The van der Waals surface area contributed by atoms with E-state index in [-0.39, 0.29) is 6.61 Å². The van der Waals surface area contributed by atoms with Crippen molar-refractivity contribution in [2.75, 3.05) is 28.3 Å². The lowest BCUT2D eigenvalue weighted by atomic mass is 10.2. The van der Waals surface area contributed by atoms with E-state index in [4.69, 9.17) is 4.74 Å². The van der Waals surface area contributed by atoms with Gasteiger partial charge in [0.2, 0.25) is 0 Å². The second kappa shape index (κ2) is 8.73. The molecule has 0 amide bonds. The Bertz CT molecular complexity index is 283. The minimum absolute atomic E-state index is 0.257. The van der Waals surface area contributed by atoms with Crippen LogP contribution in [0.25, 0.3) is 0 Å². The van der Waals surface area contributed by atoms with Crippen LogP contribution in [0, 0.1) is 0 Å². The lowest BCUT2D eigenvalue weighted by Gasteiger charge is -2.01. The third kappa shape index (κ3) is 9.02. The Balaban J connectivity index is 0.000000487. The van der Waals surface area contributed by atoms with Crippen LogP contribution in [-0.2, 0) is 16.1 Å². The van der Waals surface area contributed by atoms with Gasteiger partial charge in [0.25, 0.3) is 0 Å². The van der Waals surface area contributed by atoms with Crippen molar-refractivity contribution in [3.63, 3.8) is 0 Å². The zero-order valence-electron chi connectivity index (χ0n) is 10.3. The summed E-state index contributed by atoms with van der Waals surface area (Å²) >= 11 is 0. The number of benzene rings is 1. The van der Waals surface area contributed by atoms with Crippen molar-refractivity contribution in [2.24, 2.45) is 0 Å². The fourth-order valence-corrected chi connectivity index (χ4v) is 0.775. The SMILES string of the molecule is CN(C)C.COC(=O)OCc1ccccc1. The molecule has 0 aliphatic carbocycles. The number of hydrogen-bond acceptors (Lipinski definition) is 4. The maximum atomic E-state index is 10.5. The molecule has 0 saturated heterocycles. The molecule has 1 rings (SSSR count). The number of carbonyl (C=O) groups is 1. The number of rotatable bonds is 2. The van der Waals surface area contributed by atoms with Crippen molar-refractivity contribution in [2.45, 2.75) is 6.61 Å². The summed E-state index contributed by atoms with van der Waals surface area (Å²) in [7, 11) is 7.29. The van der Waals surface area contributed by atoms with Gasteiger partial charge in [-0.25, -0.2) is 4.79 Å². The van der Waals surface area contributed by atoms with E-state index in [1.807, 2.05) is 56.4 Å². The third-order valence-electron chi connectivity index (χ3n) is 1.37. The van der Waals surface area contributed by atoms with Gasteiger partial charge >= 0.3 is 6.16 Å². The molecule has 0 fully saturated rings. The second-order valence-corrected chi connectivity index (χ2v) is 3.57. The molecule has 16 heavy (non-hydrogen) atoms. The largest absolute Gasteiger partial charge is 0.508 e. The molecule has 0 saturated carbocycles. The van der Waals surface area contributed by atoms with Crippen molar-refractivity contribution >= 4 is 6.16 Å². The lowest BCUT2D eigenvalue weighted by Crippen LogP contribution is -2.03. The molecular formula is C12H19NO3. The predicted octanol–water partition coefficient (Wildman–Crippen LogP) is 2.15. The first-order valence-corrected chi connectivity index (χ1v) is 4.92. The Labute approximate surface area is 96.8 Å². The maximum Gasteiger partial charge on any atom is 0.508 e. The topological polar surface area (TPSA) is 38.8 Å². The van der Waals surface area contributed by atoms with Crippen molar-refractivity contribution in [1.29, 1.82) is 0 Å². The minimum atomic E-state index is -0.654. The first-order valence-electron chi connectivity index (χ1n) is 4.92. The van der Waals surface area contributed by atoms with E-state index >= 15 is 0 Å². The Kier molecular flexibility index (Phi) is 7.89. The Morgan fingerprint density at radius 1 is 1.19 bits per heavy atom. The maximum absolute atomic E-state index is 10.5. The quantitative estimate of drug-likeness (QED) is 0.723. The molecule has 0 aromatic heterocycles. The number of carbonyl (C=O) groups excluding carboxylic acids is 1. The van der Waals surface area contributed by atoms with Gasteiger partial charge in [0.05, 0.1) is 7.11 Å². The van der Waals surface area contributed by atoms with E-state index < -0.39 is 6.16 Å². The number of hydrogen-bond donors (Lipinski definition) is 0. The average molecular weight is 225 g/mol. The normalized spacial score (nSPS) is 9.06. The fourth-order valence-electron chi connectivity index (χ4n) is 0.775. The smallest absolute Gasteiger partial charge is 0.438 e. The molecule has 4 heteroatoms. The van der Waals surface area contributed by atoms with Gasteiger partial charge in [-0.3, -0.25) is 0 Å². The summed E-state index contributed by atoms with van der Waals surface area (Å²) in [6.45, 7) is 0.257. The van der Waals surface area contributed by atoms with Crippen LogP contribution in [0.2, 0.25) is 0 Å². The molecule has 0 N–H and O–H groups in total. The monoisotopic (exact) mass is 225 g/mol. The Morgan fingerprint density at radius 3 is 2.12 bits per heavy atom. The summed E-state index contributed by atoms with van der Waals surface area (Å²) in [5, 5.41) is 0. The van der Waals surface area contributed by atoms with E-state index in [0.29, 0.717) is 0 Å². The Hall–Kier alpha value is -1.55. The van der Waals surface area contributed by atoms with Crippen molar-refractivity contribution in [3.05, 3.63) is 35.9 Å². The molecule has 0 radical (unpaired) electrons. The highest BCUT2D eigenvalue weighted by Crippen LogP contribution is 2.00. The number of nitrogens with zero attached hydrogens (tertiary/aromatic N) is 1. The molecule has 0 heterocycles. The van der Waals surface area contributed by atoms with E-state index in [1.54, 1.807) is 0 Å². The molecule has 1 aromatic carbocycles. The van der Waals surface area contributed by atoms with Gasteiger partial charge in [-0.05, 0) is 26.7 Å². The first kappa shape index (κ1) is 14.5. The van der Waals surface area contributed by atoms with E-state index in [0.717, 1.165) is 5.56 Å². The van der Waals surface area contributed by atoms with Crippen LogP contribution in [0.5, 0.6) is 0 Å². The van der Waals surface area contributed by atoms with Gasteiger partial charge in [0.1, 0.15) is 6.61 Å². The number of methoxy groups -OCH3 is 1. The van der Waals surface area contributed by atoms with E-state index in [1.165, 1.54) is 7.11 Å². The average Bonchev–Trinajstić information content (AvgIpc) is 2.26. The fraction of sp³-hybridized carbons (Fsp3) is 0.417. The van der Waals surface area contributed by atoms with Crippen LogP contribution in [0.4, 0.5) is 4.79 Å². The van der Waals surface area contributed by atoms with E-state index in [9.17, 15) is 4.79 Å². The zero-order chi connectivity index (χ0) is 12.4. The molecule has 0 aliphatic rings. The van der Waals surface area contributed by atoms with Gasteiger partial charge in [0, 0.05) is 0 Å². The van der Waals surface area contributed by atoms with Crippen LogP contribution in [0.3, 0.4) is 0 Å². The van der Waals surface area contributed by atoms with Crippen LogP contribution < -0.4 is 0 Å². The summed E-state index contributed by atoms with van der Waals surface area (Å²) in [4.78, 5) is 12.5. The zero-order valence-corrected chi connectivity index (χ0v) is 10.3. The van der Waals surface area contributed by atoms with Crippen LogP contribution in [-0.4, -0.2) is 39.3 Å². The molecule has 0 spiro atoms. The number of ether oxygens (including phenoxy) is 2. The highest BCUT2D eigenvalue weighted by atomic mass is 16.7. The molecule has 1 aromatic rings. The second-order valence-electron chi connectivity index (χ2n) is 3.57. The van der Waals surface area contributed by atoms with Crippen molar-refractivity contribution in [3.8, 4) is 0 Å². The highest BCUT2D eigenvalue weighted by molar-refractivity contribution is 5.59. The minimum Gasteiger partial charge on any atom is -0.438 e. The molecule has 0 unspecified atom stereocenters. The lowest BCUT2D eigenvalue weighted by molar-refractivity contribution is 0.0669. The summed E-state index contributed by atoms with van der Waals surface area (Å²) < 4.78 is 9.03. The molecular weight excluding hydrogens is 206 g/mol. The standard InChI is InChI=1S/C9H10O3.C3H9N/c1-11-9(10)12-7-8-5-3-2-4-6-8;1-4(2)3/h2-6H,7H2,1H3;1-3H3. The molecule has 0 aliphatic heterocycles. The third-order valence-corrected chi connectivity index (χ3v) is 1.37. The van der Waals surface area contributed by atoms with Crippen LogP contribution in [0.1, 0.15) is 5.56 Å². The van der Waals surface area contributed by atoms with Gasteiger partial charge in [-0.2, -0.15) is 0 Å². The highest BCUT2D eigenvalue weighted by Gasteiger charge is 1.99. The van der Waals surface area contributed by atoms with Gasteiger partial charge < -0.3 is 14.4 Å². The molecule has 4 nitrogen and oxygen atoms in total. The first-order chi connectivity index (χ1) is 7.56. The van der Waals surface area contributed by atoms with Crippen LogP contribution in [0.15, 0.2) is 30.3 Å². The van der Waals surface area contributed by atoms with Gasteiger partial charge in [0.15, 0.2) is 0 Å².